The molecule has 0 aliphatic rings. The Balaban J connectivity index is 3.04. The molecule has 0 saturated heterocycles. The lowest BCUT2D eigenvalue weighted by molar-refractivity contribution is 0.173. The minimum absolute atomic E-state index is 0.199. The zero-order valence-corrected chi connectivity index (χ0v) is 13.5. The number of hydrogen-bond acceptors (Lipinski definition) is 4. The normalized spacial score (nSPS) is 13.2. The lowest BCUT2D eigenvalue weighted by Crippen LogP contribution is -2.37. The van der Waals surface area contributed by atoms with Crippen LogP contribution < -0.4 is 10.5 Å². The summed E-state index contributed by atoms with van der Waals surface area (Å²) in [6, 6.07) is 4.45. The van der Waals surface area contributed by atoms with E-state index in [9.17, 15) is 8.42 Å². The molecular formula is C13H20N2O3S2. The summed E-state index contributed by atoms with van der Waals surface area (Å²) < 4.78 is 32.2. The summed E-state index contributed by atoms with van der Waals surface area (Å²) in [6.45, 7) is 4.01. The first-order chi connectivity index (χ1) is 9.31. The van der Waals surface area contributed by atoms with Crippen molar-refractivity contribution in [3.63, 3.8) is 0 Å². The van der Waals surface area contributed by atoms with Crippen LogP contribution in [0.15, 0.2) is 23.1 Å². The van der Waals surface area contributed by atoms with Crippen LogP contribution >= 0.6 is 12.2 Å². The van der Waals surface area contributed by atoms with Crippen molar-refractivity contribution < 1.29 is 13.2 Å². The molecule has 20 heavy (non-hydrogen) atoms. The predicted octanol–water partition coefficient (Wildman–Crippen LogP) is 1.33. The van der Waals surface area contributed by atoms with E-state index in [0.29, 0.717) is 18.6 Å². The second-order valence-electron chi connectivity index (χ2n) is 4.52. The van der Waals surface area contributed by atoms with Crippen LogP contribution in [0.5, 0.6) is 0 Å². The van der Waals surface area contributed by atoms with Gasteiger partial charge in [0.15, 0.2) is 0 Å². The minimum Gasteiger partial charge on any atom is -0.389 e. The molecule has 0 aromatic heterocycles. The van der Waals surface area contributed by atoms with Gasteiger partial charge in [0.2, 0.25) is 10.0 Å². The van der Waals surface area contributed by atoms with Crippen LogP contribution in [0.2, 0.25) is 0 Å². The van der Waals surface area contributed by atoms with Crippen molar-refractivity contribution in [1.29, 1.82) is 0 Å². The summed E-state index contributed by atoms with van der Waals surface area (Å²) in [5, 5.41) is 0. The number of sulfonamides is 1. The van der Waals surface area contributed by atoms with E-state index < -0.39 is 10.0 Å². The van der Waals surface area contributed by atoms with Gasteiger partial charge in [0.1, 0.15) is 4.99 Å². The van der Waals surface area contributed by atoms with E-state index in [1.807, 2.05) is 6.92 Å². The average molecular weight is 316 g/mol. The standard InChI is InChI=1S/C13H20N2O3S2/c1-4-10(8-18-3)15-20(16,17)11-5-6-12(13(14)19)9(2)7-11/h5-7,10,15H,4,8H2,1-3H3,(H2,14,19). The van der Waals surface area contributed by atoms with E-state index in [2.05, 4.69) is 4.72 Å². The fourth-order valence-electron chi connectivity index (χ4n) is 1.80. The Labute approximate surface area is 125 Å². The van der Waals surface area contributed by atoms with E-state index in [4.69, 9.17) is 22.7 Å². The van der Waals surface area contributed by atoms with Crippen molar-refractivity contribution in [1.82, 2.24) is 4.72 Å². The van der Waals surface area contributed by atoms with Crippen molar-refractivity contribution in [3.8, 4) is 0 Å². The molecule has 1 aromatic carbocycles. The van der Waals surface area contributed by atoms with Crippen LogP contribution in [0.4, 0.5) is 0 Å². The molecule has 1 aromatic rings. The highest BCUT2D eigenvalue weighted by atomic mass is 32.2. The largest absolute Gasteiger partial charge is 0.389 e. The van der Waals surface area contributed by atoms with Gasteiger partial charge in [0.25, 0.3) is 0 Å². The summed E-state index contributed by atoms with van der Waals surface area (Å²) in [7, 11) is -2.03. The molecule has 0 aliphatic carbocycles. The van der Waals surface area contributed by atoms with Crippen LogP contribution in [-0.2, 0) is 14.8 Å². The Morgan fingerprint density at radius 3 is 2.60 bits per heavy atom. The minimum atomic E-state index is -3.57. The number of methoxy groups -OCH3 is 1. The third-order valence-corrected chi connectivity index (χ3v) is 4.69. The second kappa shape index (κ2) is 7.12. The average Bonchev–Trinajstić information content (AvgIpc) is 2.37. The number of hydrogen-bond donors (Lipinski definition) is 2. The van der Waals surface area contributed by atoms with Gasteiger partial charge in [-0.3, -0.25) is 0 Å². The van der Waals surface area contributed by atoms with E-state index in [-0.39, 0.29) is 15.9 Å². The molecule has 112 valence electrons. The van der Waals surface area contributed by atoms with Gasteiger partial charge < -0.3 is 10.5 Å². The summed E-state index contributed by atoms with van der Waals surface area (Å²) in [6.07, 6.45) is 0.650. The van der Waals surface area contributed by atoms with E-state index in [0.717, 1.165) is 5.56 Å². The van der Waals surface area contributed by atoms with Crippen LogP contribution in [0, 0.1) is 6.92 Å². The molecule has 1 rings (SSSR count). The molecule has 0 heterocycles. The highest BCUT2D eigenvalue weighted by molar-refractivity contribution is 7.89. The van der Waals surface area contributed by atoms with Gasteiger partial charge in [0, 0.05) is 18.7 Å². The number of nitrogens with one attached hydrogen (secondary N) is 1. The van der Waals surface area contributed by atoms with Crippen molar-refractivity contribution in [3.05, 3.63) is 29.3 Å². The second-order valence-corrected chi connectivity index (χ2v) is 6.68. The van der Waals surface area contributed by atoms with Crippen LogP contribution in [0.1, 0.15) is 24.5 Å². The number of thiocarbonyl (C=S) groups is 1. The molecule has 1 atom stereocenters. The number of aryl methyl sites for hydroxylation is 1. The van der Waals surface area contributed by atoms with Gasteiger partial charge >= 0.3 is 0 Å². The Hall–Kier alpha value is -1.02. The summed E-state index contributed by atoms with van der Waals surface area (Å²) in [5.74, 6) is 0. The molecule has 0 amide bonds. The third kappa shape index (κ3) is 4.24. The molecule has 0 saturated carbocycles. The van der Waals surface area contributed by atoms with Gasteiger partial charge in [-0.2, -0.15) is 0 Å². The number of rotatable bonds is 7. The topological polar surface area (TPSA) is 81.4 Å². The van der Waals surface area contributed by atoms with Crippen molar-refractivity contribution in [2.75, 3.05) is 13.7 Å². The van der Waals surface area contributed by atoms with Gasteiger partial charge in [-0.05, 0) is 31.0 Å². The fraction of sp³-hybridized carbons (Fsp3) is 0.462. The SMILES string of the molecule is CCC(COC)NS(=O)(=O)c1ccc(C(N)=S)c(C)c1. The maximum Gasteiger partial charge on any atom is 0.240 e. The lowest BCUT2D eigenvalue weighted by atomic mass is 10.1. The summed E-state index contributed by atoms with van der Waals surface area (Å²) >= 11 is 4.91. The maximum absolute atomic E-state index is 12.3. The van der Waals surface area contributed by atoms with Crippen molar-refractivity contribution >= 4 is 27.2 Å². The lowest BCUT2D eigenvalue weighted by Gasteiger charge is -2.16. The molecule has 0 fully saturated rings. The molecular weight excluding hydrogens is 296 g/mol. The first kappa shape index (κ1) is 17.0. The zero-order valence-electron chi connectivity index (χ0n) is 11.8. The Bertz CT molecular complexity index is 585. The fourth-order valence-corrected chi connectivity index (χ4v) is 3.42. The summed E-state index contributed by atoms with van der Waals surface area (Å²) in [4.78, 5) is 0.453. The number of ether oxygens (including phenoxy) is 1. The summed E-state index contributed by atoms with van der Waals surface area (Å²) in [5.41, 5.74) is 6.98. The first-order valence-electron chi connectivity index (χ1n) is 6.23. The van der Waals surface area contributed by atoms with Gasteiger partial charge in [-0.15, -0.1) is 0 Å². The predicted molar refractivity (Wildman–Crippen MR) is 83.3 cm³/mol. The van der Waals surface area contributed by atoms with E-state index in [1.54, 1.807) is 19.1 Å². The van der Waals surface area contributed by atoms with Crippen LogP contribution in [0.25, 0.3) is 0 Å². The van der Waals surface area contributed by atoms with Gasteiger partial charge in [-0.1, -0.05) is 25.2 Å². The molecule has 0 radical (unpaired) electrons. The van der Waals surface area contributed by atoms with Crippen molar-refractivity contribution in [2.45, 2.75) is 31.2 Å². The molecule has 7 heteroatoms. The van der Waals surface area contributed by atoms with Gasteiger partial charge in [-0.25, -0.2) is 13.1 Å². The van der Waals surface area contributed by atoms with Crippen LogP contribution in [0.3, 0.4) is 0 Å². The first-order valence-corrected chi connectivity index (χ1v) is 8.12. The molecule has 0 aliphatic heterocycles. The van der Waals surface area contributed by atoms with E-state index >= 15 is 0 Å². The van der Waals surface area contributed by atoms with Gasteiger partial charge in [0.05, 0.1) is 11.5 Å². The van der Waals surface area contributed by atoms with E-state index in [1.165, 1.54) is 13.2 Å². The molecule has 0 bridgehead atoms. The quantitative estimate of drug-likeness (QED) is 0.742. The molecule has 1 unspecified atom stereocenters. The zero-order chi connectivity index (χ0) is 15.3. The number of nitrogens with two attached hydrogens (primary N) is 1. The highest BCUT2D eigenvalue weighted by Gasteiger charge is 2.19. The maximum atomic E-state index is 12.3. The monoisotopic (exact) mass is 316 g/mol. The Morgan fingerprint density at radius 2 is 2.15 bits per heavy atom. The number of benzene rings is 1. The highest BCUT2D eigenvalue weighted by Crippen LogP contribution is 2.16. The molecule has 0 spiro atoms. The van der Waals surface area contributed by atoms with Crippen molar-refractivity contribution in [2.24, 2.45) is 5.73 Å². The Kier molecular flexibility index (Phi) is 6.07. The van der Waals surface area contributed by atoms with Crippen LogP contribution in [-0.4, -0.2) is 33.2 Å². The molecule has 3 N–H and O–H groups in total. The smallest absolute Gasteiger partial charge is 0.240 e. The third-order valence-electron chi connectivity index (χ3n) is 2.96. The Morgan fingerprint density at radius 1 is 1.50 bits per heavy atom. The molecule has 5 nitrogen and oxygen atoms in total.